The van der Waals surface area contributed by atoms with Gasteiger partial charge in [-0.2, -0.15) is 0 Å². The summed E-state index contributed by atoms with van der Waals surface area (Å²) in [5.74, 6) is -0.196. The number of hydrogen-bond acceptors (Lipinski definition) is 5. The Labute approximate surface area is 177 Å². The molecule has 1 aromatic heterocycles. The highest BCUT2D eigenvalue weighted by Crippen LogP contribution is 2.36. The van der Waals surface area contributed by atoms with E-state index in [1.165, 1.54) is 26.4 Å². The van der Waals surface area contributed by atoms with E-state index in [9.17, 15) is 14.4 Å². The summed E-state index contributed by atoms with van der Waals surface area (Å²) in [5, 5.41) is 3.31. The molecular formula is C21H22ClN3O5. The molecule has 9 heteroatoms. The molecule has 2 N–H and O–H groups in total. The van der Waals surface area contributed by atoms with E-state index in [2.05, 4.69) is 10.3 Å². The molecule has 0 aliphatic rings. The SMILES string of the molecule is COc1cc(OC)c(NC(=O)C(C(C)C)n2c(=O)[nH]c3ccccc3c2=O)cc1Cl. The average molecular weight is 432 g/mol. The highest BCUT2D eigenvalue weighted by atomic mass is 35.5. The number of halogens is 1. The van der Waals surface area contributed by atoms with Crippen molar-refractivity contribution < 1.29 is 14.3 Å². The topological polar surface area (TPSA) is 102 Å². The maximum absolute atomic E-state index is 13.2. The Bertz CT molecular complexity index is 1220. The van der Waals surface area contributed by atoms with Crippen molar-refractivity contribution in [3.8, 4) is 11.5 Å². The lowest BCUT2D eigenvalue weighted by Crippen LogP contribution is -2.44. The van der Waals surface area contributed by atoms with Gasteiger partial charge in [-0.25, -0.2) is 9.36 Å². The van der Waals surface area contributed by atoms with Gasteiger partial charge < -0.3 is 19.8 Å². The van der Waals surface area contributed by atoms with Crippen LogP contribution in [0.15, 0.2) is 46.0 Å². The molecule has 158 valence electrons. The summed E-state index contributed by atoms with van der Waals surface area (Å²) in [5.41, 5.74) is -0.491. The standard InChI is InChI=1S/C21H22ClN3O5/c1-11(2)18(25-20(27)12-7-5-6-8-14(12)24-21(25)28)19(26)23-15-9-13(22)16(29-3)10-17(15)30-4/h5-11,18H,1-4H3,(H,23,26)(H,24,28). The zero-order chi connectivity index (χ0) is 22.0. The number of carbonyl (C=O) groups excluding carboxylic acids is 1. The van der Waals surface area contributed by atoms with Crippen LogP contribution in [0.4, 0.5) is 5.69 Å². The number of methoxy groups -OCH3 is 2. The first-order valence-corrected chi connectivity index (χ1v) is 9.62. The molecule has 2 aromatic carbocycles. The van der Waals surface area contributed by atoms with Gasteiger partial charge in [0.25, 0.3) is 5.56 Å². The summed E-state index contributed by atoms with van der Waals surface area (Å²) in [7, 11) is 2.91. The van der Waals surface area contributed by atoms with Crippen LogP contribution in [0.25, 0.3) is 10.9 Å². The molecule has 1 unspecified atom stereocenters. The summed E-state index contributed by atoms with van der Waals surface area (Å²) in [6.07, 6.45) is 0. The number of fused-ring (bicyclic) bond motifs is 1. The fourth-order valence-electron chi connectivity index (χ4n) is 3.31. The van der Waals surface area contributed by atoms with Crippen LogP contribution in [-0.2, 0) is 4.79 Å². The number of H-pyrrole nitrogens is 1. The van der Waals surface area contributed by atoms with Gasteiger partial charge in [-0.1, -0.05) is 37.6 Å². The normalized spacial score (nSPS) is 12.1. The minimum Gasteiger partial charge on any atom is -0.495 e. The first-order valence-electron chi connectivity index (χ1n) is 9.24. The van der Waals surface area contributed by atoms with E-state index in [0.29, 0.717) is 28.1 Å². The van der Waals surface area contributed by atoms with Gasteiger partial charge in [-0.15, -0.1) is 0 Å². The third-order valence-corrected chi connectivity index (χ3v) is 5.04. The van der Waals surface area contributed by atoms with Crippen molar-refractivity contribution >= 4 is 34.1 Å². The third-order valence-electron chi connectivity index (χ3n) is 4.75. The van der Waals surface area contributed by atoms with E-state index in [1.807, 2.05) is 0 Å². The number of aromatic amines is 1. The number of carbonyl (C=O) groups is 1. The van der Waals surface area contributed by atoms with E-state index in [-0.39, 0.29) is 10.9 Å². The van der Waals surface area contributed by atoms with Crippen LogP contribution in [0.3, 0.4) is 0 Å². The largest absolute Gasteiger partial charge is 0.495 e. The molecule has 3 aromatic rings. The Hall–Kier alpha value is -3.26. The molecule has 0 aliphatic carbocycles. The number of aromatic nitrogens is 2. The zero-order valence-electron chi connectivity index (χ0n) is 17.0. The van der Waals surface area contributed by atoms with Crippen molar-refractivity contribution in [3.05, 3.63) is 62.3 Å². The van der Waals surface area contributed by atoms with Gasteiger partial charge in [0.05, 0.1) is 35.8 Å². The first kappa shape index (κ1) is 21.4. The summed E-state index contributed by atoms with van der Waals surface area (Å²) in [4.78, 5) is 41.5. The van der Waals surface area contributed by atoms with Crippen LogP contribution in [0.2, 0.25) is 5.02 Å². The smallest absolute Gasteiger partial charge is 0.329 e. The Morgan fingerprint density at radius 2 is 1.77 bits per heavy atom. The van der Waals surface area contributed by atoms with E-state index in [0.717, 1.165) is 4.57 Å². The monoisotopic (exact) mass is 431 g/mol. The quantitative estimate of drug-likeness (QED) is 0.624. The van der Waals surface area contributed by atoms with E-state index in [1.54, 1.807) is 38.1 Å². The highest BCUT2D eigenvalue weighted by Gasteiger charge is 2.29. The number of para-hydroxylation sites is 1. The fraction of sp³-hybridized carbons (Fsp3) is 0.286. The molecule has 1 heterocycles. The van der Waals surface area contributed by atoms with Crippen LogP contribution in [0, 0.1) is 5.92 Å². The van der Waals surface area contributed by atoms with Crippen LogP contribution in [-0.4, -0.2) is 29.7 Å². The molecule has 3 rings (SSSR count). The summed E-state index contributed by atoms with van der Waals surface area (Å²) < 4.78 is 11.4. The van der Waals surface area contributed by atoms with Crippen molar-refractivity contribution in [1.29, 1.82) is 0 Å². The second-order valence-electron chi connectivity index (χ2n) is 7.02. The minimum absolute atomic E-state index is 0.274. The molecule has 1 atom stereocenters. The maximum Gasteiger partial charge on any atom is 0.329 e. The lowest BCUT2D eigenvalue weighted by molar-refractivity contribution is -0.120. The second kappa shape index (κ2) is 8.62. The highest BCUT2D eigenvalue weighted by molar-refractivity contribution is 6.32. The Balaban J connectivity index is 2.08. The number of anilines is 1. The van der Waals surface area contributed by atoms with Gasteiger partial charge in [-0.05, 0) is 24.1 Å². The summed E-state index contributed by atoms with van der Waals surface area (Å²) >= 11 is 6.17. The van der Waals surface area contributed by atoms with E-state index in [4.69, 9.17) is 21.1 Å². The number of amides is 1. The lowest BCUT2D eigenvalue weighted by atomic mass is 10.0. The van der Waals surface area contributed by atoms with Crippen LogP contribution >= 0.6 is 11.6 Å². The fourth-order valence-corrected chi connectivity index (χ4v) is 3.55. The van der Waals surface area contributed by atoms with Crippen LogP contribution in [0.1, 0.15) is 19.9 Å². The minimum atomic E-state index is -1.06. The van der Waals surface area contributed by atoms with Crippen molar-refractivity contribution in [3.63, 3.8) is 0 Å². The van der Waals surface area contributed by atoms with Gasteiger partial charge >= 0.3 is 5.69 Å². The van der Waals surface area contributed by atoms with Gasteiger partial charge in [-0.3, -0.25) is 9.59 Å². The second-order valence-corrected chi connectivity index (χ2v) is 7.42. The Kier molecular flexibility index (Phi) is 6.17. The average Bonchev–Trinajstić information content (AvgIpc) is 2.70. The van der Waals surface area contributed by atoms with Gasteiger partial charge in [0, 0.05) is 6.07 Å². The van der Waals surface area contributed by atoms with Crippen LogP contribution < -0.4 is 26.0 Å². The van der Waals surface area contributed by atoms with Gasteiger partial charge in [0.15, 0.2) is 0 Å². The molecule has 0 spiro atoms. The molecule has 0 saturated carbocycles. The summed E-state index contributed by atoms with van der Waals surface area (Å²) in [6.45, 7) is 3.51. The molecular weight excluding hydrogens is 410 g/mol. The van der Waals surface area contributed by atoms with Gasteiger partial charge in [0.2, 0.25) is 5.91 Å². The molecule has 8 nitrogen and oxygen atoms in total. The number of benzene rings is 2. The Morgan fingerprint density at radius 1 is 1.10 bits per heavy atom. The van der Waals surface area contributed by atoms with Crippen molar-refractivity contribution in [2.45, 2.75) is 19.9 Å². The molecule has 0 aliphatic heterocycles. The lowest BCUT2D eigenvalue weighted by Gasteiger charge is -2.23. The predicted octanol–water partition coefficient (Wildman–Crippen LogP) is 3.20. The van der Waals surface area contributed by atoms with Crippen molar-refractivity contribution in [2.24, 2.45) is 5.92 Å². The van der Waals surface area contributed by atoms with Crippen LogP contribution in [0.5, 0.6) is 11.5 Å². The predicted molar refractivity (Wildman–Crippen MR) is 116 cm³/mol. The van der Waals surface area contributed by atoms with Gasteiger partial charge in [0.1, 0.15) is 17.5 Å². The molecule has 1 amide bonds. The zero-order valence-corrected chi connectivity index (χ0v) is 17.7. The van der Waals surface area contributed by atoms with Crippen molar-refractivity contribution in [2.75, 3.05) is 19.5 Å². The molecule has 0 radical (unpaired) electrons. The third kappa shape index (κ3) is 3.91. The number of rotatable bonds is 6. The number of ether oxygens (including phenoxy) is 2. The number of nitrogens with zero attached hydrogens (tertiary/aromatic N) is 1. The number of hydrogen-bond donors (Lipinski definition) is 2. The van der Waals surface area contributed by atoms with E-state index >= 15 is 0 Å². The molecule has 0 bridgehead atoms. The van der Waals surface area contributed by atoms with E-state index < -0.39 is 23.2 Å². The molecule has 0 fully saturated rings. The first-order chi connectivity index (χ1) is 14.3. The number of nitrogens with one attached hydrogen (secondary N) is 2. The molecule has 30 heavy (non-hydrogen) atoms. The summed E-state index contributed by atoms with van der Waals surface area (Å²) in [6, 6.07) is 8.62. The maximum atomic E-state index is 13.2. The molecule has 0 saturated heterocycles. The van der Waals surface area contributed by atoms with Crippen molar-refractivity contribution in [1.82, 2.24) is 9.55 Å². The Morgan fingerprint density at radius 3 is 2.40 bits per heavy atom.